The normalized spacial score (nSPS) is 14.9. The van der Waals surface area contributed by atoms with E-state index in [0.29, 0.717) is 18.7 Å². The Labute approximate surface area is 116 Å². The van der Waals surface area contributed by atoms with E-state index in [0.717, 1.165) is 5.69 Å². The number of nitrogens with zero attached hydrogens (tertiary/aromatic N) is 2. The lowest BCUT2D eigenvalue weighted by Gasteiger charge is -2.36. The summed E-state index contributed by atoms with van der Waals surface area (Å²) >= 11 is 0. The Morgan fingerprint density at radius 3 is 2.45 bits per heavy atom. The molecule has 0 aliphatic carbocycles. The molecular formula is C15H14N2O3. The highest BCUT2D eigenvalue weighted by Crippen LogP contribution is 2.20. The van der Waals surface area contributed by atoms with E-state index in [9.17, 15) is 9.59 Å². The molecule has 1 fully saturated rings. The van der Waals surface area contributed by atoms with Crippen molar-refractivity contribution in [2.45, 2.75) is 0 Å². The lowest BCUT2D eigenvalue weighted by molar-refractivity contribution is -0.146. The van der Waals surface area contributed by atoms with E-state index < -0.39 is 11.9 Å². The van der Waals surface area contributed by atoms with Crippen LogP contribution in [0.4, 0.5) is 0 Å². The summed E-state index contributed by atoms with van der Waals surface area (Å²) in [6.07, 6.45) is 3.82. The first-order chi connectivity index (χ1) is 9.65. The van der Waals surface area contributed by atoms with Crippen molar-refractivity contribution in [3.63, 3.8) is 0 Å². The van der Waals surface area contributed by atoms with E-state index in [1.807, 2.05) is 47.3 Å². The fraction of sp³-hybridized carbons (Fsp3) is 0.200. The summed E-state index contributed by atoms with van der Waals surface area (Å²) in [4.78, 5) is 24.6. The third-order valence-electron chi connectivity index (χ3n) is 3.51. The summed E-state index contributed by atoms with van der Waals surface area (Å²) in [6, 6.07) is 11.2. The molecular weight excluding hydrogens is 256 g/mol. The molecule has 1 aliphatic heterocycles. The maximum Gasteiger partial charge on any atom is 0.310 e. The summed E-state index contributed by atoms with van der Waals surface area (Å²) in [5, 5.41) is 8.83. The van der Waals surface area contributed by atoms with E-state index in [2.05, 4.69) is 0 Å². The highest BCUT2D eigenvalue weighted by molar-refractivity contribution is 5.96. The van der Waals surface area contributed by atoms with Gasteiger partial charge in [-0.3, -0.25) is 9.59 Å². The average molecular weight is 270 g/mol. The van der Waals surface area contributed by atoms with E-state index in [1.165, 1.54) is 0 Å². The van der Waals surface area contributed by atoms with Gasteiger partial charge in [0, 0.05) is 36.7 Å². The van der Waals surface area contributed by atoms with Crippen LogP contribution in [0.1, 0.15) is 10.4 Å². The van der Waals surface area contributed by atoms with Gasteiger partial charge in [-0.2, -0.15) is 0 Å². The van der Waals surface area contributed by atoms with E-state index >= 15 is 0 Å². The van der Waals surface area contributed by atoms with Gasteiger partial charge in [0.2, 0.25) is 0 Å². The molecule has 0 saturated carbocycles. The minimum atomic E-state index is -0.838. The fourth-order valence-electron chi connectivity index (χ4n) is 2.29. The quantitative estimate of drug-likeness (QED) is 0.922. The van der Waals surface area contributed by atoms with Gasteiger partial charge in [-0.15, -0.1) is 0 Å². The third kappa shape index (κ3) is 2.18. The second-order valence-electron chi connectivity index (χ2n) is 4.89. The lowest BCUT2D eigenvalue weighted by Crippen LogP contribution is -2.53. The number of benzene rings is 1. The molecule has 1 amide bonds. The number of carbonyl (C=O) groups is 2. The second kappa shape index (κ2) is 4.85. The zero-order chi connectivity index (χ0) is 14.1. The summed E-state index contributed by atoms with van der Waals surface area (Å²) in [6.45, 7) is 0.587. The monoisotopic (exact) mass is 270 g/mol. The number of carboxylic acid groups (broad SMARTS) is 1. The van der Waals surface area contributed by atoms with Crippen molar-refractivity contribution >= 4 is 11.9 Å². The number of carboxylic acids is 1. The molecule has 1 aromatic heterocycles. The minimum absolute atomic E-state index is 0.114. The topological polar surface area (TPSA) is 62.5 Å². The molecule has 102 valence electrons. The SMILES string of the molecule is O=C(O)C1CN(C(=O)c2cccc(-n3cccc3)c2)C1. The number of aliphatic carboxylic acids is 1. The Balaban J connectivity index is 1.76. The predicted octanol–water partition coefficient (Wildman–Crippen LogP) is 1.63. The number of aromatic nitrogens is 1. The summed E-state index contributed by atoms with van der Waals surface area (Å²) < 4.78 is 1.92. The van der Waals surface area contributed by atoms with Gasteiger partial charge < -0.3 is 14.6 Å². The van der Waals surface area contributed by atoms with Crippen LogP contribution in [0.2, 0.25) is 0 Å². The molecule has 5 nitrogen and oxygen atoms in total. The van der Waals surface area contributed by atoms with Crippen LogP contribution in [-0.4, -0.2) is 39.5 Å². The number of likely N-dealkylation sites (tertiary alicyclic amines) is 1. The van der Waals surface area contributed by atoms with Gasteiger partial charge in [0.25, 0.3) is 5.91 Å². The van der Waals surface area contributed by atoms with Crippen molar-refractivity contribution in [3.8, 4) is 5.69 Å². The standard InChI is InChI=1S/C15H14N2O3/c18-14(17-9-12(10-17)15(19)20)11-4-3-5-13(8-11)16-6-1-2-7-16/h1-8,12H,9-10H2,(H,19,20). The predicted molar refractivity (Wildman–Crippen MR) is 72.8 cm³/mol. The van der Waals surface area contributed by atoms with Gasteiger partial charge in [0.1, 0.15) is 0 Å². The van der Waals surface area contributed by atoms with Crippen molar-refractivity contribution < 1.29 is 14.7 Å². The van der Waals surface area contributed by atoms with Crippen LogP contribution < -0.4 is 0 Å². The average Bonchev–Trinajstić information content (AvgIpc) is 2.90. The molecule has 0 atom stereocenters. The highest BCUT2D eigenvalue weighted by atomic mass is 16.4. The minimum Gasteiger partial charge on any atom is -0.481 e. The van der Waals surface area contributed by atoms with Crippen LogP contribution in [0.5, 0.6) is 0 Å². The third-order valence-corrected chi connectivity index (χ3v) is 3.51. The van der Waals surface area contributed by atoms with Crippen LogP contribution in [0.3, 0.4) is 0 Å². The molecule has 1 aliphatic rings. The first kappa shape index (κ1) is 12.5. The maximum atomic E-state index is 12.2. The number of carbonyl (C=O) groups excluding carboxylic acids is 1. The van der Waals surface area contributed by atoms with E-state index in [4.69, 9.17) is 5.11 Å². The van der Waals surface area contributed by atoms with Gasteiger partial charge in [-0.1, -0.05) is 6.07 Å². The molecule has 0 unspecified atom stereocenters. The zero-order valence-electron chi connectivity index (χ0n) is 10.8. The summed E-state index contributed by atoms with van der Waals surface area (Å²) in [5.74, 6) is -1.38. The first-order valence-electron chi connectivity index (χ1n) is 6.40. The zero-order valence-corrected chi connectivity index (χ0v) is 10.8. The Morgan fingerprint density at radius 1 is 1.10 bits per heavy atom. The fourth-order valence-corrected chi connectivity index (χ4v) is 2.29. The molecule has 0 spiro atoms. The highest BCUT2D eigenvalue weighted by Gasteiger charge is 2.35. The number of rotatable bonds is 3. The molecule has 2 heterocycles. The number of hydrogen-bond donors (Lipinski definition) is 1. The van der Waals surface area contributed by atoms with E-state index in [-0.39, 0.29) is 5.91 Å². The molecule has 1 saturated heterocycles. The lowest BCUT2D eigenvalue weighted by atomic mass is 9.99. The smallest absolute Gasteiger partial charge is 0.310 e. The van der Waals surface area contributed by atoms with Crippen LogP contribution in [0.25, 0.3) is 5.69 Å². The largest absolute Gasteiger partial charge is 0.481 e. The molecule has 1 aromatic carbocycles. The van der Waals surface area contributed by atoms with Gasteiger partial charge >= 0.3 is 5.97 Å². The van der Waals surface area contributed by atoms with Crippen molar-refractivity contribution in [1.29, 1.82) is 0 Å². The van der Waals surface area contributed by atoms with E-state index in [1.54, 1.807) is 11.0 Å². The van der Waals surface area contributed by atoms with Crippen LogP contribution >= 0.6 is 0 Å². The number of hydrogen-bond acceptors (Lipinski definition) is 2. The Bertz CT molecular complexity index is 643. The molecule has 1 N–H and O–H groups in total. The van der Waals surface area contributed by atoms with Crippen molar-refractivity contribution in [2.75, 3.05) is 13.1 Å². The van der Waals surface area contributed by atoms with Gasteiger partial charge in [0.15, 0.2) is 0 Å². The van der Waals surface area contributed by atoms with Gasteiger partial charge in [-0.05, 0) is 30.3 Å². The van der Waals surface area contributed by atoms with Crippen LogP contribution in [0, 0.1) is 5.92 Å². The molecule has 0 radical (unpaired) electrons. The molecule has 2 aromatic rings. The number of amides is 1. The molecule has 5 heteroatoms. The first-order valence-corrected chi connectivity index (χ1v) is 6.40. The van der Waals surface area contributed by atoms with Crippen molar-refractivity contribution in [3.05, 3.63) is 54.4 Å². The molecule has 20 heavy (non-hydrogen) atoms. The molecule has 3 rings (SSSR count). The van der Waals surface area contributed by atoms with Crippen LogP contribution in [-0.2, 0) is 4.79 Å². The van der Waals surface area contributed by atoms with Crippen molar-refractivity contribution in [2.24, 2.45) is 5.92 Å². The molecule has 0 bridgehead atoms. The Morgan fingerprint density at radius 2 is 1.80 bits per heavy atom. The van der Waals surface area contributed by atoms with Gasteiger partial charge in [-0.25, -0.2) is 0 Å². The summed E-state index contributed by atoms with van der Waals surface area (Å²) in [7, 11) is 0. The Kier molecular flexibility index (Phi) is 3.02. The summed E-state index contributed by atoms with van der Waals surface area (Å²) in [5.41, 5.74) is 1.50. The van der Waals surface area contributed by atoms with Gasteiger partial charge in [0.05, 0.1) is 5.92 Å². The maximum absolute atomic E-state index is 12.2. The van der Waals surface area contributed by atoms with Crippen molar-refractivity contribution in [1.82, 2.24) is 9.47 Å². The second-order valence-corrected chi connectivity index (χ2v) is 4.89. The Hall–Kier alpha value is -2.56. The van der Waals surface area contributed by atoms with Crippen LogP contribution in [0.15, 0.2) is 48.8 Å².